The highest BCUT2D eigenvalue weighted by molar-refractivity contribution is 5.46. The molecule has 2 atom stereocenters. The Morgan fingerprint density at radius 2 is 1.75 bits per heavy atom. The number of rotatable bonds is 6. The average molecular weight is 382 g/mol. The zero-order valence-corrected chi connectivity index (χ0v) is 17.0. The van der Waals surface area contributed by atoms with Crippen molar-refractivity contribution in [3.05, 3.63) is 53.6 Å². The topological polar surface area (TPSA) is 30.9 Å². The third kappa shape index (κ3) is 4.27. The molecule has 0 amide bonds. The molecule has 28 heavy (non-hydrogen) atoms. The van der Waals surface area contributed by atoms with E-state index in [1.807, 2.05) is 12.1 Å². The fourth-order valence-corrected chi connectivity index (χ4v) is 4.36. The van der Waals surface area contributed by atoms with E-state index in [1.165, 1.54) is 43.5 Å². The smallest absolute Gasteiger partial charge is 0.126 e. The minimum atomic E-state index is 0.351. The predicted octanol–water partition coefficient (Wildman–Crippen LogP) is 4.84. The number of hydrogen-bond acceptors (Lipinski definition) is 4. The molecule has 4 nitrogen and oxygen atoms in total. The van der Waals surface area contributed by atoms with Crippen molar-refractivity contribution in [1.29, 1.82) is 0 Å². The van der Waals surface area contributed by atoms with Crippen LogP contribution >= 0.6 is 0 Å². The molecule has 1 fully saturated rings. The van der Waals surface area contributed by atoms with E-state index in [4.69, 9.17) is 14.2 Å². The van der Waals surface area contributed by atoms with E-state index in [-0.39, 0.29) is 0 Å². The molecule has 2 aromatic carbocycles. The van der Waals surface area contributed by atoms with Gasteiger partial charge >= 0.3 is 0 Å². The molecule has 2 aliphatic rings. The van der Waals surface area contributed by atoms with Gasteiger partial charge in [-0.15, -0.1) is 0 Å². The number of hydrogen-bond donors (Lipinski definition) is 0. The second-order valence-electron chi connectivity index (χ2n) is 7.93. The summed E-state index contributed by atoms with van der Waals surface area (Å²) in [6.45, 7) is 7.14. The number of methoxy groups -OCH3 is 1. The molecular weight excluding hydrogens is 350 g/mol. The zero-order valence-electron chi connectivity index (χ0n) is 17.0. The summed E-state index contributed by atoms with van der Waals surface area (Å²) in [6, 6.07) is 14.7. The first-order chi connectivity index (χ1) is 13.7. The third-order valence-electron chi connectivity index (χ3n) is 6.17. The fourth-order valence-electron chi connectivity index (χ4n) is 4.36. The molecule has 150 valence electrons. The van der Waals surface area contributed by atoms with Gasteiger partial charge in [-0.3, -0.25) is 4.90 Å². The van der Waals surface area contributed by atoms with E-state index in [0.29, 0.717) is 18.4 Å². The lowest BCUT2D eigenvalue weighted by atomic mass is 9.81. The number of nitrogens with zero attached hydrogens (tertiary/aromatic N) is 1. The molecule has 0 saturated carbocycles. The molecule has 0 N–H and O–H groups in total. The summed E-state index contributed by atoms with van der Waals surface area (Å²) in [6.07, 6.45) is 4.01. The Balaban J connectivity index is 1.38. The van der Waals surface area contributed by atoms with Gasteiger partial charge in [0, 0.05) is 18.5 Å². The van der Waals surface area contributed by atoms with E-state index in [1.54, 1.807) is 7.11 Å². The Labute approximate surface area is 168 Å². The molecule has 2 unspecified atom stereocenters. The van der Waals surface area contributed by atoms with Gasteiger partial charge in [0.25, 0.3) is 0 Å². The van der Waals surface area contributed by atoms with Crippen molar-refractivity contribution in [1.82, 2.24) is 4.90 Å². The number of benzene rings is 2. The lowest BCUT2D eigenvalue weighted by Crippen LogP contribution is -2.33. The van der Waals surface area contributed by atoms with Gasteiger partial charge in [-0.05, 0) is 61.2 Å². The van der Waals surface area contributed by atoms with E-state index < -0.39 is 0 Å². The summed E-state index contributed by atoms with van der Waals surface area (Å²) in [5, 5.41) is 0. The molecule has 0 aliphatic carbocycles. The predicted molar refractivity (Wildman–Crippen MR) is 112 cm³/mol. The molecule has 0 aromatic heterocycles. The molecular formula is C24H31NO3. The van der Waals surface area contributed by atoms with Crippen molar-refractivity contribution in [2.45, 2.75) is 38.0 Å². The molecule has 0 radical (unpaired) electrons. The Morgan fingerprint density at radius 3 is 2.50 bits per heavy atom. The van der Waals surface area contributed by atoms with Crippen LogP contribution in [0.2, 0.25) is 0 Å². The number of fused-ring (bicyclic) bond motifs is 1. The maximum Gasteiger partial charge on any atom is 0.126 e. The number of likely N-dealkylation sites (tertiary alicyclic amines) is 1. The summed E-state index contributed by atoms with van der Waals surface area (Å²) in [7, 11) is 1.70. The lowest BCUT2D eigenvalue weighted by Gasteiger charge is -2.32. The molecule has 1 saturated heterocycles. The first-order valence-electron chi connectivity index (χ1n) is 10.5. The van der Waals surface area contributed by atoms with Crippen LogP contribution in [0.5, 0.6) is 17.2 Å². The van der Waals surface area contributed by atoms with Gasteiger partial charge in [0.15, 0.2) is 0 Å². The zero-order chi connectivity index (χ0) is 19.3. The standard InChI is InChI=1S/C24H31NO3/c1-18-22-11-10-21(27-15-14-25-12-4-3-5-13-25)16-24(22)28-17-23(18)19-6-8-20(26-2)9-7-19/h6-11,16,18,23H,3-5,12-15,17H2,1-2H3. The summed E-state index contributed by atoms with van der Waals surface area (Å²) in [5.74, 6) is 3.52. The van der Waals surface area contributed by atoms with Crippen LogP contribution in [0, 0.1) is 0 Å². The van der Waals surface area contributed by atoms with Gasteiger partial charge in [-0.25, -0.2) is 0 Å². The van der Waals surface area contributed by atoms with Crippen LogP contribution < -0.4 is 14.2 Å². The molecule has 2 aromatic rings. The SMILES string of the molecule is COc1ccc(C2COc3cc(OCCN4CCCCC4)ccc3C2C)cc1. The highest BCUT2D eigenvalue weighted by Crippen LogP contribution is 2.43. The molecule has 2 heterocycles. The first-order valence-corrected chi connectivity index (χ1v) is 10.5. The van der Waals surface area contributed by atoms with Gasteiger partial charge < -0.3 is 14.2 Å². The lowest BCUT2D eigenvalue weighted by molar-refractivity contribution is 0.182. The maximum atomic E-state index is 6.13. The first kappa shape index (κ1) is 19.1. The molecule has 4 heteroatoms. The Morgan fingerprint density at radius 1 is 1.00 bits per heavy atom. The third-order valence-corrected chi connectivity index (χ3v) is 6.17. The van der Waals surface area contributed by atoms with Crippen molar-refractivity contribution in [3.8, 4) is 17.2 Å². The van der Waals surface area contributed by atoms with Crippen molar-refractivity contribution in [3.63, 3.8) is 0 Å². The van der Waals surface area contributed by atoms with Crippen LogP contribution in [0.25, 0.3) is 0 Å². The van der Waals surface area contributed by atoms with Gasteiger partial charge in [0.05, 0.1) is 13.7 Å². The van der Waals surface area contributed by atoms with Crippen LogP contribution in [0.1, 0.15) is 49.1 Å². The summed E-state index contributed by atoms with van der Waals surface area (Å²) >= 11 is 0. The van der Waals surface area contributed by atoms with E-state index in [2.05, 4.69) is 42.2 Å². The number of piperidine rings is 1. The largest absolute Gasteiger partial charge is 0.497 e. The number of ether oxygens (including phenoxy) is 3. The van der Waals surface area contributed by atoms with Crippen LogP contribution in [-0.4, -0.2) is 44.9 Å². The summed E-state index contributed by atoms with van der Waals surface area (Å²) in [5.41, 5.74) is 2.55. The van der Waals surface area contributed by atoms with Crippen molar-refractivity contribution in [2.24, 2.45) is 0 Å². The minimum Gasteiger partial charge on any atom is -0.497 e. The Bertz CT molecular complexity index is 768. The van der Waals surface area contributed by atoms with Crippen LogP contribution in [0.3, 0.4) is 0 Å². The van der Waals surface area contributed by atoms with E-state index >= 15 is 0 Å². The normalized spacial score (nSPS) is 22.2. The van der Waals surface area contributed by atoms with Gasteiger partial charge in [0.1, 0.15) is 23.9 Å². The molecule has 0 bridgehead atoms. The van der Waals surface area contributed by atoms with Gasteiger partial charge in [-0.2, -0.15) is 0 Å². The van der Waals surface area contributed by atoms with Crippen LogP contribution in [-0.2, 0) is 0 Å². The van der Waals surface area contributed by atoms with Crippen molar-refractivity contribution < 1.29 is 14.2 Å². The van der Waals surface area contributed by atoms with Crippen molar-refractivity contribution in [2.75, 3.05) is 40.0 Å². The Hall–Kier alpha value is -2.20. The minimum absolute atomic E-state index is 0.351. The second kappa shape index (κ2) is 8.87. The Kier molecular flexibility index (Phi) is 6.06. The molecule has 0 spiro atoms. The fraction of sp³-hybridized carbons (Fsp3) is 0.500. The summed E-state index contributed by atoms with van der Waals surface area (Å²) < 4.78 is 17.4. The van der Waals surface area contributed by atoms with E-state index in [9.17, 15) is 0 Å². The molecule has 4 rings (SSSR count). The van der Waals surface area contributed by atoms with Crippen molar-refractivity contribution >= 4 is 0 Å². The van der Waals surface area contributed by atoms with E-state index in [0.717, 1.165) is 30.4 Å². The van der Waals surface area contributed by atoms with Gasteiger partial charge in [-0.1, -0.05) is 31.5 Å². The monoisotopic (exact) mass is 381 g/mol. The maximum absolute atomic E-state index is 6.13. The quantitative estimate of drug-likeness (QED) is 0.716. The second-order valence-corrected chi connectivity index (χ2v) is 7.93. The highest BCUT2D eigenvalue weighted by Gasteiger charge is 2.29. The van der Waals surface area contributed by atoms with Gasteiger partial charge in [0.2, 0.25) is 0 Å². The highest BCUT2D eigenvalue weighted by atomic mass is 16.5. The van der Waals surface area contributed by atoms with Crippen LogP contribution in [0.15, 0.2) is 42.5 Å². The molecule has 2 aliphatic heterocycles. The summed E-state index contributed by atoms with van der Waals surface area (Å²) in [4.78, 5) is 2.50. The average Bonchev–Trinajstić information content (AvgIpc) is 2.75. The van der Waals surface area contributed by atoms with Crippen LogP contribution in [0.4, 0.5) is 0 Å².